The Kier molecular flexibility index (Phi) is 19.1. The van der Waals surface area contributed by atoms with E-state index in [-0.39, 0.29) is 36.3 Å². The number of thiophene rings is 2. The van der Waals surface area contributed by atoms with E-state index in [0.29, 0.717) is 49.8 Å². The molecule has 4 aromatic rings. The van der Waals surface area contributed by atoms with Crippen molar-refractivity contribution in [1.82, 2.24) is 10.6 Å². The number of halogens is 3. The van der Waals surface area contributed by atoms with E-state index in [9.17, 15) is 24.0 Å². The highest BCUT2D eigenvalue weighted by atomic mass is 35.5. The second-order valence-corrected chi connectivity index (χ2v) is 19.7. The van der Waals surface area contributed by atoms with Crippen LogP contribution in [0.25, 0.3) is 0 Å². The van der Waals surface area contributed by atoms with E-state index in [1.165, 1.54) is 22.7 Å². The smallest absolute Gasteiger partial charge is 0.414 e. The van der Waals surface area contributed by atoms with Gasteiger partial charge >= 0.3 is 12.2 Å². The molecular formula is C45H54Cl3N7O7S2. The zero-order valence-corrected chi connectivity index (χ0v) is 40.3. The van der Waals surface area contributed by atoms with Gasteiger partial charge in [-0.15, -0.1) is 22.7 Å². The van der Waals surface area contributed by atoms with Crippen molar-refractivity contribution in [2.75, 3.05) is 65.8 Å². The average Bonchev–Trinajstić information content (AvgIpc) is 4.12. The summed E-state index contributed by atoms with van der Waals surface area (Å²) < 4.78 is 11.9. The van der Waals surface area contributed by atoms with Crippen molar-refractivity contribution >= 4 is 115 Å². The van der Waals surface area contributed by atoms with Crippen molar-refractivity contribution in [2.24, 2.45) is 16.8 Å². The molecule has 3 aliphatic heterocycles. The lowest BCUT2D eigenvalue weighted by Gasteiger charge is -2.22. The van der Waals surface area contributed by atoms with Gasteiger partial charge in [-0.2, -0.15) is 0 Å². The molecule has 3 aliphatic rings. The van der Waals surface area contributed by atoms with Crippen LogP contribution in [-0.4, -0.2) is 93.1 Å². The summed E-state index contributed by atoms with van der Waals surface area (Å²) in [5, 5.41) is 8.63. The Morgan fingerprint density at radius 1 is 0.719 bits per heavy atom. The van der Waals surface area contributed by atoms with Gasteiger partial charge < -0.3 is 30.3 Å². The van der Waals surface area contributed by atoms with Crippen LogP contribution in [0.4, 0.5) is 32.3 Å². The third kappa shape index (κ3) is 15.1. The zero-order chi connectivity index (χ0) is 46.3. The summed E-state index contributed by atoms with van der Waals surface area (Å²) in [4.78, 5) is 69.8. The summed E-state index contributed by atoms with van der Waals surface area (Å²) in [5.74, 6) is 1.62. The number of anilines is 4. The number of nitrogens with one attached hydrogen (secondary N) is 3. The number of amides is 4. The summed E-state index contributed by atoms with van der Waals surface area (Å²) in [5.41, 5.74) is 3.64. The molecule has 14 nitrogen and oxygen atoms in total. The van der Waals surface area contributed by atoms with Gasteiger partial charge in [-0.1, -0.05) is 57.8 Å². The van der Waals surface area contributed by atoms with E-state index in [1.54, 1.807) is 34.1 Å². The van der Waals surface area contributed by atoms with E-state index in [1.807, 2.05) is 62.4 Å². The maximum Gasteiger partial charge on any atom is 0.414 e. The van der Waals surface area contributed by atoms with Crippen LogP contribution < -0.4 is 30.7 Å². The molecular weight excluding hydrogens is 921 g/mol. The molecule has 7 rings (SSSR count). The van der Waals surface area contributed by atoms with Crippen molar-refractivity contribution in [3.05, 3.63) is 91.2 Å². The largest absolute Gasteiger partial charge is 0.442 e. The predicted octanol–water partition coefficient (Wildman–Crippen LogP) is 10.2. The van der Waals surface area contributed by atoms with Gasteiger partial charge in [0.25, 0.3) is 11.8 Å². The Labute approximate surface area is 397 Å². The fourth-order valence-corrected chi connectivity index (χ4v) is 8.84. The number of carbonyl (C=O) groups is 5. The quantitative estimate of drug-likeness (QED) is 0.0928. The van der Waals surface area contributed by atoms with Crippen LogP contribution in [0.5, 0.6) is 0 Å². The van der Waals surface area contributed by atoms with Crippen LogP contribution in [0.2, 0.25) is 8.67 Å². The van der Waals surface area contributed by atoms with Gasteiger partial charge in [0.05, 0.1) is 51.2 Å². The van der Waals surface area contributed by atoms with E-state index in [4.69, 9.17) is 44.3 Å². The molecule has 0 spiro atoms. The minimum absolute atomic E-state index is 0.220. The molecule has 4 amide bonds. The third-order valence-corrected chi connectivity index (χ3v) is 12.3. The molecule has 0 radical (unpaired) electrons. The molecule has 19 heteroatoms. The van der Waals surface area contributed by atoms with Crippen LogP contribution in [0.1, 0.15) is 73.2 Å². The van der Waals surface area contributed by atoms with Crippen molar-refractivity contribution in [1.29, 1.82) is 0 Å². The molecule has 0 saturated carbocycles. The highest BCUT2D eigenvalue weighted by Gasteiger charge is 2.34. The SMILES string of the molecule is CC(C)CC(=O)Cl.CC(C)CC1=NCCN1c1ccc(N2C[C@H](CNC(=O)c3ccc(Cl)s3)OC2=O)cc1.CCCNc1ccc(N2C[C@H](CNC(=O)c3ccc(Cl)s3)OC2=O)cc1. The van der Waals surface area contributed by atoms with E-state index in [2.05, 4.69) is 46.6 Å². The minimum atomic E-state index is -0.408. The number of cyclic esters (lactones) is 2. The van der Waals surface area contributed by atoms with Gasteiger partial charge in [0.2, 0.25) is 5.24 Å². The van der Waals surface area contributed by atoms with Crippen LogP contribution in [-0.2, 0) is 14.3 Å². The van der Waals surface area contributed by atoms with Crippen LogP contribution >= 0.6 is 57.5 Å². The first-order chi connectivity index (χ1) is 30.6. The Balaban J connectivity index is 0.000000212. The maximum absolute atomic E-state index is 12.4. The first-order valence-corrected chi connectivity index (χ1v) is 23.8. The molecule has 64 heavy (non-hydrogen) atoms. The lowest BCUT2D eigenvalue weighted by Crippen LogP contribution is -2.34. The topological polar surface area (TPSA) is 162 Å². The molecule has 2 aromatic carbocycles. The number of ether oxygens (including phenoxy) is 2. The van der Waals surface area contributed by atoms with Gasteiger partial charge in [-0.05, 0) is 103 Å². The number of amidine groups is 1. The molecule has 2 saturated heterocycles. The van der Waals surface area contributed by atoms with Gasteiger partial charge in [-0.3, -0.25) is 29.2 Å². The lowest BCUT2D eigenvalue weighted by atomic mass is 10.1. The highest BCUT2D eigenvalue weighted by Crippen LogP contribution is 2.28. The van der Waals surface area contributed by atoms with Crippen molar-refractivity contribution in [3.8, 4) is 0 Å². The Morgan fingerprint density at radius 3 is 1.58 bits per heavy atom. The minimum Gasteiger partial charge on any atom is -0.442 e. The predicted molar refractivity (Wildman–Crippen MR) is 260 cm³/mol. The average molecular weight is 975 g/mol. The van der Waals surface area contributed by atoms with E-state index in [0.717, 1.165) is 61.1 Å². The van der Waals surface area contributed by atoms with Gasteiger partial charge in [0, 0.05) is 48.7 Å². The van der Waals surface area contributed by atoms with E-state index < -0.39 is 18.3 Å². The van der Waals surface area contributed by atoms with Gasteiger partial charge in [0.1, 0.15) is 18.0 Å². The summed E-state index contributed by atoms with van der Waals surface area (Å²) in [7, 11) is 0. The Morgan fingerprint density at radius 2 is 1.19 bits per heavy atom. The Bertz CT molecular complexity index is 2230. The molecule has 344 valence electrons. The summed E-state index contributed by atoms with van der Waals surface area (Å²) in [6.45, 7) is 14.3. The van der Waals surface area contributed by atoms with Gasteiger partial charge in [-0.25, -0.2) is 9.59 Å². The van der Waals surface area contributed by atoms with Crippen LogP contribution in [0, 0.1) is 11.8 Å². The molecule has 5 heterocycles. The molecule has 2 fully saturated rings. The summed E-state index contributed by atoms with van der Waals surface area (Å²) in [6.07, 6.45) is 0.875. The maximum atomic E-state index is 12.4. The third-order valence-electron chi connectivity index (χ3n) is 9.64. The number of aliphatic imine (C=N–C) groups is 1. The fraction of sp³-hybridized carbons (Fsp3) is 0.422. The second-order valence-electron chi connectivity index (χ2n) is 15.9. The highest BCUT2D eigenvalue weighted by molar-refractivity contribution is 7.18. The lowest BCUT2D eigenvalue weighted by molar-refractivity contribution is -0.112. The number of rotatable bonds is 16. The molecule has 0 aliphatic carbocycles. The normalized spacial score (nSPS) is 16.7. The zero-order valence-electron chi connectivity index (χ0n) is 36.4. The van der Waals surface area contributed by atoms with Crippen molar-refractivity contribution in [2.45, 2.75) is 66.1 Å². The molecule has 2 atom stereocenters. The Hall–Kier alpha value is -4.87. The number of hydrogen-bond donors (Lipinski definition) is 3. The molecule has 0 bridgehead atoms. The number of nitrogens with zero attached hydrogens (tertiary/aromatic N) is 4. The number of benzene rings is 2. The van der Waals surface area contributed by atoms with Crippen molar-refractivity contribution in [3.63, 3.8) is 0 Å². The van der Waals surface area contributed by atoms with Crippen LogP contribution in [0.3, 0.4) is 0 Å². The molecule has 2 aromatic heterocycles. The molecule has 3 N–H and O–H groups in total. The number of hydrogen-bond acceptors (Lipinski definition) is 12. The first kappa shape index (κ1) is 50.1. The molecule has 0 unspecified atom stereocenters. The van der Waals surface area contributed by atoms with E-state index >= 15 is 0 Å². The summed E-state index contributed by atoms with van der Waals surface area (Å²) in [6, 6.07) is 22.2. The fourth-order valence-electron chi connectivity index (χ4n) is 6.61. The van der Waals surface area contributed by atoms with Gasteiger partial charge in [0.15, 0.2) is 0 Å². The summed E-state index contributed by atoms with van der Waals surface area (Å²) >= 11 is 19.2. The second kappa shape index (κ2) is 24.4. The van der Waals surface area contributed by atoms with Crippen LogP contribution in [0.15, 0.2) is 77.8 Å². The monoisotopic (exact) mass is 973 g/mol. The van der Waals surface area contributed by atoms with Crippen molar-refractivity contribution < 1.29 is 33.4 Å². The standard InChI is InChI=1S/C22H25ClN4O3S.C18H20ClN3O3S.C5H9ClO/c1-14(2)11-20-24-9-10-26(20)15-3-5-16(6-4-15)27-13-17(30-22(27)29)12-25-21(28)18-7-8-19(23)31-18;1-2-9-20-12-3-5-13(6-4-12)22-11-14(25-18(22)24)10-21-17(23)15-7-8-16(19)26-15;1-4(2)3-5(6)7/h3-8,14,17H,9-13H2,1-2H3,(H,25,28);3-8,14,20H,2,9-11H2,1H3,(H,21,23);4H,3H2,1-2H3/t17-;14-;/m00./s1. The first-order valence-electron chi connectivity index (χ1n) is 21.1. The number of carbonyl (C=O) groups excluding carboxylic acids is 5.